The molecule has 0 radical (unpaired) electrons. The molecule has 0 N–H and O–H groups in total. The third-order valence-electron chi connectivity index (χ3n) is 4.42. The lowest BCUT2D eigenvalue weighted by molar-refractivity contribution is -0.142. The Kier molecular flexibility index (Phi) is 6.71. The normalized spacial score (nSPS) is 10.8. The number of ether oxygens (including phenoxy) is 1. The molecule has 0 unspecified atom stereocenters. The van der Waals surface area contributed by atoms with Gasteiger partial charge in [0.2, 0.25) is 17.5 Å². The van der Waals surface area contributed by atoms with E-state index >= 15 is 0 Å². The van der Waals surface area contributed by atoms with Crippen molar-refractivity contribution in [3.8, 4) is 11.4 Å². The highest BCUT2D eigenvalue weighted by Gasteiger charge is 2.15. The van der Waals surface area contributed by atoms with E-state index in [1.165, 1.54) is 0 Å². The van der Waals surface area contributed by atoms with Gasteiger partial charge in [-0.05, 0) is 41.5 Å². The Labute approximate surface area is 167 Å². The van der Waals surface area contributed by atoms with E-state index in [1.807, 2.05) is 48.9 Å². The van der Waals surface area contributed by atoms with Crippen molar-refractivity contribution in [2.45, 2.75) is 39.5 Å². The molecule has 0 aliphatic heterocycles. The highest BCUT2D eigenvalue weighted by Crippen LogP contribution is 2.19. The standard InChI is InChI=1S/C21H22N2O4S/c1-3-14-5-6-15(4-2)17(11-14)18(24)12-26-20(25)8-7-19-22-21(23-27-19)16-9-10-28-13-16/h5-6,9-11,13H,3-4,7-8,12H2,1-2H3. The number of thiophene rings is 1. The van der Waals surface area contributed by atoms with Crippen molar-refractivity contribution in [2.75, 3.05) is 6.61 Å². The number of hydrogen-bond acceptors (Lipinski definition) is 7. The summed E-state index contributed by atoms with van der Waals surface area (Å²) in [6.45, 7) is 3.78. The van der Waals surface area contributed by atoms with Crippen LogP contribution in [0.4, 0.5) is 0 Å². The maximum Gasteiger partial charge on any atom is 0.306 e. The lowest BCUT2D eigenvalue weighted by Crippen LogP contribution is -2.16. The molecule has 0 atom stereocenters. The fourth-order valence-electron chi connectivity index (χ4n) is 2.78. The zero-order valence-electron chi connectivity index (χ0n) is 15.9. The van der Waals surface area contributed by atoms with E-state index < -0.39 is 5.97 Å². The Morgan fingerprint density at radius 3 is 2.75 bits per heavy atom. The minimum absolute atomic E-state index is 0.0776. The lowest BCUT2D eigenvalue weighted by Gasteiger charge is -2.09. The number of benzene rings is 1. The predicted octanol–water partition coefficient (Wildman–Crippen LogP) is 4.28. The van der Waals surface area contributed by atoms with Gasteiger partial charge in [0, 0.05) is 22.9 Å². The minimum Gasteiger partial charge on any atom is -0.457 e. The lowest BCUT2D eigenvalue weighted by atomic mass is 9.98. The number of aryl methyl sites for hydroxylation is 3. The summed E-state index contributed by atoms with van der Waals surface area (Å²) in [6, 6.07) is 7.78. The Balaban J connectivity index is 1.51. The summed E-state index contributed by atoms with van der Waals surface area (Å²) >= 11 is 1.55. The van der Waals surface area contributed by atoms with Gasteiger partial charge in [0.25, 0.3) is 0 Å². The Hall–Kier alpha value is -2.80. The summed E-state index contributed by atoms with van der Waals surface area (Å²) in [7, 11) is 0. The minimum atomic E-state index is -0.465. The van der Waals surface area contributed by atoms with E-state index in [2.05, 4.69) is 10.1 Å². The van der Waals surface area contributed by atoms with Crippen LogP contribution < -0.4 is 0 Å². The molecule has 7 heteroatoms. The van der Waals surface area contributed by atoms with Gasteiger partial charge in [-0.1, -0.05) is 31.1 Å². The van der Waals surface area contributed by atoms with Gasteiger partial charge in [-0.3, -0.25) is 9.59 Å². The molecule has 6 nitrogen and oxygen atoms in total. The number of ketones is 1. The first-order chi connectivity index (χ1) is 13.6. The third-order valence-corrected chi connectivity index (χ3v) is 5.10. The molecule has 0 aliphatic rings. The van der Waals surface area contributed by atoms with E-state index in [-0.39, 0.29) is 25.2 Å². The van der Waals surface area contributed by atoms with E-state index in [0.717, 1.165) is 29.5 Å². The number of hydrogen-bond donors (Lipinski definition) is 0. The van der Waals surface area contributed by atoms with Gasteiger partial charge in [0.1, 0.15) is 0 Å². The zero-order valence-corrected chi connectivity index (χ0v) is 16.8. The number of Topliss-reactive ketones (excluding diaryl/α,β-unsaturated/α-hetero) is 1. The van der Waals surface area contributed by atoms with Gasteiger partial charge in [-0.15, -0.1) is 0 Å². The van der Waals surface area contributed by atoms with Crippen LogP contribution in [-0.4, -0.2) is 28.5 Å². The first-order valence-electron chi connectivity index (χ1n) is 9.26. The van der Waals surface area contributed by atoms with Crippen molar-refractivity contribution in [3.63, 3.8) is 0 Å². The van der Waals surface area contributed by atoms with Gasteiger partial charge < -0.3 is 9.26 Å². The summed E-state index contributed by atoms with van der Waals surface area (Å²) in [4.78, 5) is 28.8. The van der Waals surface area contributed by atoms with Crippen molar-refractivity contribution in [2.24, 2.45) is 0 Å². The van der Waals surface area contributed by atoms with Crippen LogP contribution in [0.2, 0.25) is 0 Å². The molecular weight excluding hydrogens is 376 g/mol. The Morgan fingerprint density at radius 2 is 2.04 bits per heavy atom. The highest BCUT2D eigenvalue weighted by atomic mass is 32.1. The molecule has 0 spiro atoms. The van der Waals surface area contributed by atoms with Gasteiger partial charge in [-0.25, -0.2) is 0 Å². The van der Waals surface area contributed by atoms with Crippen LogP contribution in [0.3, 0.4) is 0 Å². The van der Waals surface area contributed by atoms with Crippen LogP contribution in [0.5, 0.6) is 0 Å². The second-order valence-corrected chi connectivity index (χ2v) is 7.09. The molecule has 1 aromatic carbocycles. The molecule has 3 aromatic rings. The van der Waals surface area contributed by atoms with Crippen LogP contribution in [-0.2, 0) is 28.8 Å². The third kappa shape index (κ3) is 4.92. The maximum absolute atomic E-state index is 12.5. The molecule has 3 rings (SSSR count). The molecule has 2 aromatic heterocycles. The molecule has 0 saturated carbocycles. The van der Waals surface area contributed by atoms with E-state index in [0.29, 0.717) is 17.3 Å². The first kappa shape index (κ1) is 19.9. The smallest absolute Gasteiger partial charge is 0.306 e. The Morgan fingerprint density at radius 1 is 1.18 bits per heavy atom. The number of carbonyl (C=O) groups excluding carboxylic acids is 2. The highest BCUT2D eigenvalue weighted by molar-refractivity contribution is 7.08. The number of esters is 1. The molecule has 146 valence electrons. The molecule has 0 saturated heterocycles. The van der Waals surface area contributed by atoms with Crippen molar-refractivity contribution < 1.29 is 18.8 Å². The summed E-state index contributed by atoms with van der Waals surface area (Å²) in [5.41, 5.74) is 3.57. The number of nitrogens with zero attached hydrogens (tertiary/aromatic N) is 2. The fourth-order valence-corrected chi connectivity index (χ4v) is 3.42. The molecule has 0 bridgehead atoms. The average Bonchev–Trinajstić information content (AvgIpc) is 3.41. The van der Waals surface area contributed by atoms with Crippen molar-refractivity contribution in [1.29, 1.82) is 0 Å². The van der Waals surface area contributed by atoms with Gasteiger partial charge in [-0.2, -0.15) is 16.3 Å². The largest absolute Gasteiger partial charge is 0.457 e. The first-order valence-corrected chi connectivity index (χ1v) is 10.2. The zero-order chi connectivity index (χ0) is 19.9. The second-order valence-electron chi connectivity index (χ2n) is 6.31. The summed E-state index contributed by atoms with van der Waals surface area (Å²) in [6.07, 6.45) is 1.95. The number of rotatable bonds is 9. The van der Waals surface area contributed by atoms with Crippen LogP contribution in [0, 0.1) is 0 Å². The van der Waals surface area contributed by atoms with Gasteiger partial charge in [0.05, 0.1) is 6.42 Å². The van der Waals surface area contributed by atoms with Crippen molar-refractivity contribution in [3.05, 3.63) is 57.6 Å². The molecule has 2 heterocycles. The van der Waals surface area contributed by atoms with Crippen LogP contribution in [0.15, 0.2) is 39.5 Å². The van der Waals surface area contributed by atoms with E-state index in [4.69, 9.17) is 9.26 Å². The quantitative estimate of drug-likeness (QED) is 0.395. The van der Waals surface area contributed by atoms with Crippen LogP contribution >= 0.6 is 11.3 Å². The molecule has 0 aliphatic carbocycles. The van der Waals surface area contributed by atoms with Crippen molar-refractivity contribution >= 4 is 23.1 Å². The van der Waals surface area contributed by atoms with E-state index in [9.17, 15) is 9.59 Å². The molecule has 0 fully saturated rings. The maximum atomic E-state index is 12.5. The monoisotopic (exact) mass is 398 g/mol. The molecular formula is C21H22N2O4S. The molecule has 0 amide bonds. The van der Waals surface area contributed by atoms with Gasteiger partial charge in [0.15, 0.2) is 6.61 Å². The predicted molar refractivity (Wildman–Crippen MR) is 106 cm³/mol. The van der Waals surface area contributed by atoms with Gasteiger partial charge >= 0.3 is 5.97 Å². The van der Waals surface area contributed by atoms with Crippen LogP contribution in [0.25, 0.3) is 11.4 Å². The summed E-state index contributed by atoms with van der Waals surface area (Å²) < 4.78 is 10.3. The topological polar surface area (TPSA) is 82.3 Å². The van der Waals surface area contributed by atoms with Crippen molar-refractivity contribution in [1.82, 2.24) is 10.1 Å². The van der Waals surface area contributed by atoms with Crippen LogP contribution in [0.1, 0.15) is 47.6 Å². The average molecular weight is 398 g/mol. The van der Waals surface area contributed by atoms with E-state index in [1.54, 1.807) is 11.3 Å². The number of carbonyl (C=O) groups is 2. The number of aromatic nitrogens is 2. The second kappa shape index (κ2) is 9.41. The SMILES string of the molecule is CCc1ccc(CC)c(C(=O)COC(=O)CCc2nc(-c3ccsc3)no2)c1. The summed E-state index contributed by atoms with van der Waals surface area (Å²) in [5.74, 6) is 0.224. The Bertz CT molecular complexity index is 947. The summed E-state index contributed by atoms with van der Waals surface area (Å²) in [5, 5.41) is 7.75. The fraction of sp³-hybridized carbons (Fsp3) is 0.333. The molecule has 28 heavy (non-hydrogen) atoms.